The Hall–Kier alpha value is -2.17. The lowest BCUT2D eigenvalue weighted by Crippen LogP contribution is -2.04. The number of benzene rings is 1. The number of aryl methyl sites for hydroxylation is 2. The summed E-state index contributed by atoms with van der Waals surface area (Å²) >= 11 is 0. The Morgan fingerprint density at radius 1 is 0.812 bits per heavy atom. The van der Waals surface area contributed by atoms with Gasteiger partial charge in [-0.3, -0.25) is 0 Å². The molecule has 0 bridgehead atoms. The smallest absolute Gasteiger partial charge is 0.225 e. The van der Waals surface area contributed by atoms with E-state index in [2.05, 4.69) is 21.0 Å². The van der Waals surface area contributed by atoms with Crippen LogP contribution in [0.3, 0.4) is 0 Å². The molecule has 5 heteroatoms. The maximum absolute atomic E-state index is 5.53. The summed E-state index contributed by atoms with van der Waals surface area (Å²) in [7, 11) is 0. The minimum absolute atomic E-state index is 0.140. The van der Waals surface area contributed by atoms with Crippen molar-refractivity contribution in [2.75, 3.05) is 11.5 Å². The van der Waals surface area contributed by atoms with Gasteiger partial charge in [-0.15, -0.1) is 0 Å². The van der Waals surface area contributed by atoms with E-state index >= 15 is 0 Å². The van der Waals surface area contributed by atoms with Crippen molar-refractivity contribution in [2.24, 2.45) is 0 Å². The highest BCUT2D eigenvalue weighted by Crippen LogP contribution is 2.19. The molecule has 0 amide bonds. The second-order valence-corrected chi connectivity index (χ2v) is 3.75. The van der Waals surface area contributed by atoms with Crippen LogP contribution in [-0.4, -0.2) is 15.0 Å². The molecule has 0 atom stereocenters. The molecule has 1 aromatic heterocycles. The van der Waals surface area contributed by atoms with Crippen LogP contribution in [0.15, 0.2) is 18.2 Å². The third kappa shape index (κ3) is 2.08. The summed E-state index contributed by atoms with van der Waals surface area (Å²) in [6.07, 6.45) is 0. The van der Waals surface area contributed by atoms with Gasteiger partial charge < -0.3 is 11.5 Å². The van der Waals surface area contributed by atoms with Crippen molar-refractivity contribution in [2.45, 2.75) is 13.8 Å². The van der Waals surface area contributed by atoms with E-state index in [9.17, 15) is 0 Å². The predicted molar refractivity (Wildman–Crippen MR) is 63.6 cm³/mol. The van der Waals surface area contributed by atoms with Crippen LogP contribution < -0.4 is 11.5 Å². The van der Waals surface area contributed by atoms with Crippen LogP contribution in [0.5, 0.6) is 0 Å². The topological polar surface area (TPSA) is 90.7 Å². The van der Waals surface area contributed by atoms with Crippen LogP contribution in [0, 0.1) is 13.8 Å². The molecule has 0 radical (unpaired) electrons. The number of anilines is 2. The summed E-state index contributed by atoms with van der Waals surface area (Å²) in [5.74, 6) is 0.792. The summed E-state index contributed by atoms with van der Waals surface area (Å²) in [4.78, 5) is 11.9. The quantitative estimate of drug-likeness (QED) is 0.748. The van der Waals surface area contributed by atoms with Gasteiger partial charge in [-0.25, -0.2) is 0 Å². The Labute approximate surface area is 93.6 Å². The first kappa shape index (κ1) is 10.4. The Bertz CT molecular complexity index is 446. The van der Waals surface area contributed by atoms with Gasteiger partial charge in [-0.2, -0.15) is 15.0 Å². The lowest BCUT2D eigenvalue weighted by atomic mass is 10.1. The van der Waals surface area contributed by atoms with E-state index in [1.807, 2.05) is 26.0 Å². The first-order valence-corrected chi connectivity index (χ1v) is 4.90. The Balaban J connectivity index is 2.57. The predicted octanol–water partition coefficient (Wildman–Crippen LogP) is 1.32. The van der Waals surface area contributed by atoms with Crippen LogP contribution >= 0.6 is 0 Å². The van der Waals surface area contributed by atoms with E-state index in [1.54, 1.807) is 0 Å². The van der Waals surface area contributed by atoms with Gasteiger partial charge in [-0.05, 0) is 26.0 Å². The largest absolute Gasteiger partial charge is 0.368 e. The number of hydrogen-bond acceptors (Lipinski definition) is 5. The molecule has 0 aliphatic carbocycles. The van der Waals surface area contributed by atoms with Crippen LogP contribution in [0.25, 0.3) is 11.4 Å². The van der Waals surface area contributed by atoms with E-state index in [0.717, 1.165) is 16.7 Å². The van der Waals surface area contributed by atoms with Crippen LogP contribution in [0.2, 0.25) is 0 Å². The third-order valence-corrected chi connectivity index (χ3v) is 2.15. The molecular formula is C11H13N5. The van der Waals surface area contributed by atoms with Crippen molar-refractivity contribution >= 4 is 11.9 Å². The lowest BCUT2D eigenvalue weighted by Gasteiger charge is -2.04. The zero-order chi connectivity index (χ0) is 11.7. The number of nitrogen functional groups attached to an aromatic ring is 2. The fourth-order valence-corrected chi connectivity index (χ4v) is 1.64. The van der Waals surface area contributed by atoms with Crippen LogP contribution in [-0.2, 0) is 0 Å². The molecule has 0 aliphatic rings. The Kier molecular flexibility index (Phi) is 2.44. The number of hydrogen-bond donors (Lipinski definition) is 2. The maximum atomic E-state index is 5.53. The second kappa shape index (κ2) is 3.77. The van der Waals surface area contributed by atoms with Crippen molar-refractivity contribution < 1.29 is 0 Å². The zero-order valence-corrected chi connectivity index (χ0v) is 9.23. The number of aromatic nitrogens is 3. The van der Waals surface area contributed by atoms with Crippen molar-refractivity contribution in [3.05, 3.63) is 29.3 Å². The first-order valence-electron chi connectivity index (χ1n) is 4.90. The number of rotatable bonds is 1. The highest BCUT2D eigenvalue weighted by atomic mass is 15.1. The molecule has 0 saturated heterocycles. The fourth-order valence-electron chi connectivity index (χ4n) is 1.64. The van der Waals surface area contributed by atoms with E-state index in [1.165, 1.54) is 0 Å². The Morgan fingerprint density at radius 2 is 1.31 bits per heavy atom. The van der Waals surface area contributed by atoms with Crippen molar-refractivity contribution in [3.63, 3.8) is 0 Å². The SMILES string of the molecule is Cc1cc(C)cc(-c2nc(N)nc(N)n2)c1. The number of nitrogens with two attached hydrogens (primary N) is 2. The molecule has 0 unspecified atom stereocenters. The average Bonchev–Trinajstić information content (AvgIpc) is 2.14. The fraction of sp³-hybridized carbons (Fsp3) is 0.182. The molecule has 4 N–H and O–H groups in total. The molecule has 1 aromatic carbocycles. The molecule has 2 aromatic rings. The maximum Gasteiger partial charge on any atom is 0.225 e. The second-order valence-electron chi connectivity index (χ2n) is 3.75. The van der Waals surface area contributed by atoms with Crippen molar-refractivity contribution in [1.82, 2.24) is 15.0 Å². The molecule has 1 heterocycles. The molecule has 82 valence electrons. The van der Waals surface area contributed by atoms with Gasteiger partial charge in [0.1, 0.15) is 0 Å². The van der Waals surface area contributed by atoms with Crippen LogP contribution in [0.4, 0.5) is 11.9 Å². The van der Waals surface area contributed by atoms with E-state index < -0.39 is 0 Å². The molecule has 2 rings (SSSR count). The summed E-state index contributed by atoms with van der Waals surface area (Å²) in [5, 5.41) is 0. The van der Waals surface area contributed by atoms with Gasteiger partial charge in [0.25, 0.3) is 0 Å². The van der Waals surface area contributed by atoms with E-state index in [4.69, 9.17) is 11.5 Å². The molecular weight excluding hydrogens is 202 g/mol. The summed E-state index contributed by atoms with van der Waals surface area (Å²) in [6.45, 7) is 4.04. The minimum atomic E-state index is 0.140. The summed E-state index contributed by atoms with van der Waals surface area (Å²) in [5.41, 5.74) is 14.3. The summed E-state index contributed by atoms with van der Waals surface area (Å²) < 4.78 is 0. The Morgan fingerprint density at radius 3 is 1.81 bits per heavy atom. The molecule has 0 spiro atoms. The molecule has 0 saturated carbocycles. The van der Waals surface area contributed by atoms with Gasteiger partial charge in [0.05, 0.1) is 0 Å². The molecule has 0 aliphatic heterocycles. The van der Waals surface area contributed by atoms with Crippen LogP contribution in [0.1, 0.15) is 11.1 Å². The normalized spacial score (nSPS) is 10.4. The van der Waals surface area contributed by atoms with Crippen molar-refractivity contribution in [3.8, 4) is 11.4 Å². The minimum Gasteiger partial charge on any atom is -0.368 e. The third-order valence-electron chi connectivity index (χ3n) is 2.15. The van der Waals surface area contributed by atoms with Gasteiger partial charge in [0, 0.05) is 5.56 Å². The van der Waals surface area contributed by atoms with Gasteiger partial charge >= 0.3 is 0 Å². The van der Waals surface area contributed by atoms with Crippen molar-refractivity contribution in [1.29, 1.82) is 0 Å². The molecule has 5 nitrogen and oxygen atoms in total. The highest BCUT2D eigenvalue weighted by molar-refractivity contribution is 5.59. The zero-order valence-electron chi connectivity index (χ0n) is 9.23. The van der Waals surface area contributed by atoms with Gasteiger partial charge in [-0.1, -0.05) is 17.2 Å². The van der Waals surface area contributed by atoms with Gasteiger partial charge in [0.2, 0.25) is 11.9 Å². The molecule has 0 fully saturated rings. The van der Waals surface area contributed by atoms with Gasteiger partial charge in [0.15, 0.2) is 5.82 Å². The lowest BCUT2D eigenvalue weighted by molar-refractivity contribution is 1.08. The first-order chi connectivity index (χ1) is 7.54. The highest BCUT2D eigenvalue weighted by Gasteiger charge is 2.05. The summed E-state index contributed by atoms with van der Waals surface area (Å²) in [6, 6.07) is 6.06. The molecule has 16 heavy (non-hydrogen) atoms. The number of nitrogens with zero attached hydrogens (tertiary/aromatic N) is 3. The standard InChI is InChI=1S/C11H13N5/c1-6-3-7(2)5-8(4-6)9-14-10(12)16-11(13)15-9/h3-5H,1-2H3,(H4,12,13,14,15,16). The van der Waals surface area contributed by atoms with E-state index in [-0.39, 0.29) is 11.9 Å². The van der Waals surface area contributed by atoms with E-state index in [0.29, 0.717) is 5.82 Å². The monoisotopic (exact) mass is 215 g/mol. The average molecular weight is 215 g/mol.